The Morgan fingerprint density at radius 1 is 1.29 bits per heavy atom. The summed E-state index contributed by atoms with van der Waals surface area (Å²) in [4.78, 5) is 24.5. The number of rotatable bonds is 4. The van der Waals surface area contributed by atoms with E-state index in [1.54, 1.807) is 0 Å². The first-order valence-corrected chi connectivity index (χ1v) is 8.99. The average molecular weight is 331 g/mol. The molecule has 0 bridgehead atoms. The third-order valence-corrected chi connectivity index (χ3v) is 5.18. The zero-order valence-electron chi connectivity index (χ0n) is 14.0. The van der Waals surface area contributed by atoms with Gasteiger partial charge in [-0.1, -0.05) is 6.07 Å². The SMILES string of the molecule is O=C(C[C@H]1C[C@H]2CN(Cc3ccccn3)C[C@H]2O1)N1CCCCO1. The summed E-state index contributed by atoms with van der Waals surface area (Å²) in [5.74, 6) is 0.610. The molecule has 6 heteroatoms. The van der Waals surface area contributed by atoms with Crippen LogP contribution in [0.25, 0.3) is 0 Å². The van der Waals surface area contributed by atoms with Gasteiger partial charge in [-0.15, -0.1) is 0 Å². The van der Waals surface area contributed by atoms with E-state index in [2.05, 4.69) is 16.0 Å². The highest BCUT2D eigenvalue weighted by Gasteiger charge is 2.42. The molecule has 6 nitrogen and oxygen atoms in total. The summed E-state index contributed by atoms with van der Waals surface area (Å²) in [7, 11) is 0. The molecule has 4 rings (SSSR count). The van der Waals surface area contributed by atoms with Crippen LogP contribution in [0.2, 0.25) is 0 Å². The first kappa shape index (κ1) is 16.0. The van der Waals surface area contributed by atoms with Gasteiger partial charge in [0.15, 0.2) is 0 Å². The maximum atomic E-state index is 12.3. The van der Waals surface area contributed by atoms with Crippen molar-refractivity contribution in [2.24, 2.45) is 5.92 Å². The quantitative estimate of drug-likeness (QED) is 0.839. The van der Waals surface area contributed by atoms with E-state index in [0.29, 0.717) is 18.9 Å². The van der Waals surface area contributed by atoms with Crippen LogP contribution < -0.4 is 0 Å². The molecule has 24 heavy (non-hydrogen) atoms. The Labute approximate surface area is 142 Å². The molecule has 4 heterocycles. The van der Waals surface area contributed by atoms with Gasteiger partial charge < -0.3 is 4.74 Å². The number of pyridine rings is 1. The van der Waals surface area contributed by atoms with Crippen molar-refractivity contribution in [1.82, 2.24) is 14.9 Å². The smallest absolute Gasteiger partial charge is 0.248 e. The van der Waals surface area contributed by atoms with Crippen LogP contribution in [0.5, 0.6) is 0 Å². The zero-order chi connectivity index (χ0) is 16.4. The van der Waals surface area contributed by atoms with E-state index in [-0.39, 0.29) is 18.1 Å². The number of likely N-dealkylation sites (tertiary alicyclic amines) is 1. The third-order valence-electron chi connectivity index (χ3n) is 5.18. The van der Waals surface area contributed by atoms with Crippen LogP contribution >= 0.6 is 0 Å². The molecule has 3 saturated heterocycles. The topological polar surface area (TPSA) is 54.9 Å². The zero-order valence-corrected chi connectivity index (χ0v) is 14.0. The molecule has 0 aliphatic carbocycles. The van der Waals surface area contributed by atoms with Crippen molar-refractivity contribution < 1.29 is 14.4 Å². The third kappa shape index (κ3) is 3.61. The normalized spacial score (nSPS) is 30.5. The van der Waals surface area contributed by atoms with E-state index in [1.807, 2.05) is 18.3 Å². The molecule has 1 aromatic heterocycles. The second-order valence-corrected chi connectivity index (χ2v) is 7.05. The van der Waals surface area contributed by atoms with Crippen molar-refractivity contribution in [3.8, 4) is 0 Å². The Hall–Kier alpha value is -1.50. The lowest BCUT2D eigenvalue weighted by atomic mass is 10.0. The molecule has 3 fully saturated rings. The minimum absolute atomic E-state index is 0.0510. The fraction of sp³-hybridized carbons (Fsp3) is 0.667. The Bertz CT molecular complexity index is 548. The summed E-state index contributed by atoms with van der Waals surface area (Å²) in [6.07, 6.45) is 5.65. The van der Waals surface area contributed by atoms with Gasteiger partial charge in [0.1, 0.15) is 0 Å². The molecule has 0 aromatic carbocycles. The van der Waals surface area contributed by atoms with Crippen molar-refractivity contribution in [2.75, 3.05) is 26.2 Å². The number of hydroxylamine groups is 2. The number of amides is 1. The van der Waals surface area contributed by atoms with Gasteiger partial charge in [-0.2, -0.15) is 0 Å². The Morgan fingerprint density at radius 2 is 2.25 bits per heavy atom. The monoisotopic (exact) mass is 331 g/mol. The molecule has 0 radical (unpaired) electrons. The number of aromatic nitrogens is 1. The summed E-state index contributed by atoms with van der Waals surface area (Å²) in [5, 5.41) is 1.54. The molecule has 0 N–H and O–H groups in total. The molecule has 3 aliphatic heterocycles. The number of ether oxygens (including phenoxy) is 1. The van der Waals surface area contributed by atoms with Crippen LogP contribution in [0.4, 0.5) is 0 Å². The fourth-order valence-electron chi connectivity index (χ4n) is 4.02. The number of carbonyl (C=O) groups is 1. The van der Waals surface area contributed by atoms with E-state index in [4.69, 9.17) is 9.57 Å². The van der Waals surface area contributed by atoms with Gasteiger partial charge in [-0.3, -0.25) is 19.5 Å². The summed E-state index contributed by atoms with van der Waals surface area (Å²) in [6, 6.07) is 6.04. The standard InChI is InChI=1S/C18H25N3O3/c22-18(21-7-3-4-8-23-21)10-16-9-14-11-20(13-17(14)24-16)12-15-5-1-2-6-19-15/h1-2,5-6,14,16-17H,3-4,7-13H2/t14-,16+,17+/m0/s1. The predicted molar refractivity (Wildman–Crippen MR) is 87.8 cm³/mol. The minimum atomic E-state index is 0.0510. The van der Waals surface area contributed by atoms with Crippen molar-refractivity contribution in [1.29, 1.82) is 0 Å². The van der Waals surface area contributed by atoms with Crippen molar-refractivity contribution >= 4 is 5.91 Å². The Kier molecular flexibility index (Phi) is 4.78. The van der Waals surface area contributed by atoms with Crippen LogP contribution in [-0.4, -0.2) is 59.3 Å². The molecule has 1 aromatic rings. The first-order chi connectivity index (χ1) is 11.8. The van der Waals surface area contributed by atoms with E-state index in [9.17, 15) is 4.79 Å². The molecule has 0 spiro atoms. The fourth-order valence-corrected chi connectivity index (χ4v) is 4.02. The highest BCUT2D eigenvalue weighted by atomic mass is 16.7. The predicted octanol–water partition coefficient (Wildman–Crippen LogP) is 1.61. The van der Waals surface area contributed by atoms with E-state index in [0.717, 1.165) is 51.1 Å². The van der Waals surface area contributed by atoms with E-state index < -0.39 is 0 Å². The number of fused-ring (bicyclic) bond motifs is 1. The van der Waals surface area contributed by atoms with Crippen molar-refractivity contribution in [2.45, 2.75) is 44.4 Å². The van der Waals surface area contributed by atoms with Crippen LogP contribution in [0, 0.1) is 5.92 Å². The first-order valence-electron chi connectivity index (χ1n) is 8.99. The lowest BCUT2D eigenvalue weighted by Crippen LogP contribution is -2.37. The van der Waals surface area contributed by atoms with Gasteiger partial charge >= 0.3 is 0 Å². The maximum absolute atomic E-state index is 12.3. The molecule has 3 aliphatic rings. The van der Waals surface area contributed by atoms with E-state index in [1.165, 1.54) is 5.06 Å². The molecular formula is C18H25N3O3. The van der Waals surface area contributed by atoms with Crippen LogP contribution in [0.1, 0.15) is 31.4 Å². The summed E-state index contributed by atoms with van der Waals surface area (Å²) in [6.45, 7) is 4.22. The summed E-state index contributed by atoms with van der Waals surface area (Å²) < 4.78 is 6.15. The molecule has 0 unspecified atom stereocenters. The highest BCUT2D eigenvalue weighted by molar-refractivity contribution is 5.75. The minimum Gasteiger partial charge on any atom is -0.373 e. The summed E-state index contributed by atoms with van der Waals surface area (Å²) >= 11 is 0. The van der Waals surface area contributed by atoms with Crippen LogP contribution in [-0.2, 0) is 20.9 Å². The summed E-state index contributed by atoms with van der Waals surface area (Å²) in [5.41, 5.74) is 1.10. The van der Waals surface area contributed by atoms with Crippen molar-refractivity contribution in [3.63, 3.8) is 0 Å². The van der Waals surface area contributed by atoms with Gasteiger partial charge in [0.25, 0.3) is 0 Å². The molecular weight excluding hydrogens is 306 g/mol. The van der Waals surface area contributed by atoms with Gasteiger partial charge in [0.05, 0.1) is 30.9 Å². The average Bonchev–Trinajstić information content (AvgIpc) is 3.14. The van der Waals surface area contributed by atoms with Crippen molar-refractivity contribution in [3.05, 3.63) is 30.1 Å². The molecule has 130 valence electrons. The largest absolute Gasteiger partial charge is 0.373 e. The number of nitrogens with zero attached hydrogens (tertiary/aromatic N) is 3. The number of hydrogen-bond donors (Lipinski definition) is 0. The lowest BCUT2D eigenvalue weighted by molar-refractivity contribution is -0.199. The molecule has 3 atom stereocenters. The molecule has 1 amide bonds. The lowest BCUT2D eigenvalue weighted by Gasteiger charge is -2.27. The van der Waals surface area contributed by atoms with Crippen LogP contribution in [0.15, 0.2) is 24.4 Å². The van der Waals surface area contributed by atoms with Gasteiger partial charge in [0, 0.05) is 38.3 Å². The Balaban J connectivity index is 1.24. The van der Waals surface area contributed by atoms with Gasteiger partial charge in [0.2, 0.25) is 5.91 Å². The van der Waals surface area contributed by atoms with Crippen LogP contribution in [0.3, 0.4) is 0 Å². The van der Waals surface area contributed by atoms with Gasteiger partial charge in [-0.25, -0.2) is 5.06 Å². The molecule has 0 saturated carbocycles. The second kappa shape index (κ2) is 7.17. The number of carbonyl (C=O) groups excluding carboxylic acids is 1. The number of hydrogen-bond acceptors (Lipinski definition) is 5. The Morgan fingerprint density at radius 3 is 3.00 bits per heavy atom. The highest BCUT2D eigenvalue weighted by Crippen LogP contribution is 2.35. The maximum Gasteiger partial charge on any atom is 0.248 e. The second-order valence-electron chi connectivity index (χ2n) is 7.05. The van der Waals surface area contributed by atoms with Gasteiger partial charge in [-0.05, 0) is 31.4 Å². The van der Waals surface area contributed by atoms with E-state index >= 15 is 0 Å².